The van der Waals surface area contributed by atoms with Gasteiger partial charge in [-0.25, -0.2) is 8.78 Å². The van der Waals surface area contributed by atoms with Gasteiger partial charge in [0.05, 0.1) is 0 Å². The van der Waals surface area contributed by atoms with E-state index in [2.05, 4.69) is 0 Å². The quantitative estimate of drug-likeness (QED) is 0.890. The van der Waals surface area contributed by atoms with Crippen molar-refractivity contribution in [3.05, 3.63) is 58.6 Å². The van der Waals surface area contributed by atoms with Gasteiger partial charge in [-0.15, -0.1) is 0 Å². The molecule has 2 nitrogen and oxygen atoms in total. The van der Waals surface area contributed by atoms with Crippen LogP contribution in [0.5, 0.6) is 0 Å². The molecule has 2 aromatic carbocycles. The molecule has 0 radical (unpaired) electrons. The van der Waals surface area contributed by atoms with Gasteiger partial charge in [-0.2, -0.15) is 0 Å². The summed E-state index contributed by atoms with van der Waals surface area (Å²) < 4.78 is 27.1. The highest BCUT2D eigenvalue weighted by Crippen LogP contribution is 2.31. The fraction of sp³-hybridized carbons (Fsp3) is 0. The fourth-order valence-electron chi connectivity index (χ4n) is 1.61. The molecular weight excluding hydrogens is 260 g/mol. The summed E-state index contributed by atoms with van der Waals surface area (Å²) in [4.78, 5) is 11.0. The maximum Gasteiger partial charge on any atom is 0.248 e. The second-order valence-electron chi connectivity index (χ2n) is 3.66. The Hall–Kier alpha value is -1.94. The molecule has 92 valence electrons. The SMILES string of the molecule is NC(=O)c1cc(F)c(F)c(-c2ccccc2Cl)c1. The molecule has 0 saturated heterocycles. The minimum absolute atomic E-state index is 0.0885. The van der Waals surface area contributed by atoms with Gasteiger partial charge in [-0.05, 0) is 18.2 Å². The van der Waals surface area contributed by atoms with Gasteiger partial charge in [0.1, 0.15) is 0 Å². The van der Waals surface area contributed by atoms with Gasteiger partial charge in [0, 0.05) is 21.7 Å². The Morgan fingerprint density at radius 2 is 1.78 bits per heavy atom. The summed E-state index contributed by atoms with van der Waals surface area (Å²) in [5.74, 6) is -3.03. The van der Waals surface area contributed by atoms with Crippen LogP contribution in [0.15, 0.2) is 36.4 Å². The van der Waals surface area contributed by atoms with Crippen LogP contribution in [-0.4, -0.2) is 5.91 Å². The van der Waals surface area contributed by atoms with E-state index < -0.39 is 17.5 Å². The van der Waals surface area contributed by atoms with Crippen LogP contribution in [-0.2, 0) is 0 Å². The molecule has 0 unspecified atom stereocenters. The minimum atomic E-state index is -1.14. The third-order valence-electron chi connectivity index (χ3n) is 2.48. The van der Waals surface area contributed by atoms with Crippen LogP contribution < -0.4 is 5.73 Å². The van der Waals surface area contributed by atoms with Crippen molar-refractivity contribution in [2.45, 2.75) is 0 Å². The molecule has 0 aliphatic rings. The molecule has 0 saturated carbocycles. The number of benzene rings is 2. The van der Waals surface area contributed by atoms with E-state index in [4.69, 9.17) is 17.3 Å². The first-order chi connectivity index (χ1) is 8.50. The predicted octanol–water partition coefficient (Wildman–Crippen LogP) is 3.38. The Morgan fingerprint density at radius 3 is 2.39 bits per heavy atom. The molecule has 0 spiro atoms. The predicted molar refractivity (Wildman–Crippen MR) is 65.3 cm³/mol. The molecular formula is C13H8ClF2NO. The van der Waals surface area contributed by atoms with E-state index in [1.54, 1.807) is 18.2 Å². The Labute approximate surface area is 107 Å². The molecule has 0 aliphatic carbocycles. The summed E-state index contributed by atoms with van der Waals surface area (Å²) in [6.07, 6.45) is 0. The van der Waals surface area contributed by atoms with Gasteiger partial charge in [-0.3, -0.25) is 4.79 Å². The Balaban J connectivity index is 2.71. The highest BCUT2D eigenvalue weighted by atomic mass is 35.5. The number of halogens is 3. The first kappa shape index (κ1) is 12.5. The van der Waals surface area contributed by atoms with Gasteiger partial charge in [-0.1, -0.05) is 29.8 Å². The van der Waals surface area contributed by atoms with Gasteiger partial charge < -0.3 is 5.73 Å². The van der Waals surface area contributed by atoms with Crippen LogP contribution in [0, 0.1) is 11.6 Å². The van der Waals surface area contributed by atoms with Crippen molar-refractivity contribution < 1.29 is 13.6 Å². The summed E-state index contributed by atoms with van der Waals surface area (Å²) in [5.41, 5.74) is 5.16. The highest BCUT2D eigenvalue weighted by molar-refractivity contribution is 6.33. The van der Waals surface area contributed by atoms with Crippen LogP contribution in [0.25, 0.3) is 11.1 Å². The number of rotatable bonds is 2. The van der Waals surface area contributed by atoms with Crippen LogP contribution in [0.1, 0.15) is 10.4 Å². The van der Waals surface area contributed by atoms with Crippen LogP contribution >= 0.6 is 11.6 Å². The molecule has 0 fully saturated rings. The molecule has 0 aliphatic heterocycles. The third-order valence-corrected chi connectivity index (χ3v) is 2.81. The average Bonchev–Trinajstić information content (AvgIpc) is 2.33. The number of hydrogen-bond donors (Lipinski definition) is 1. The molecule has 2 aromatic rings. The van der Waals surface area contributed by atoms with Crippen molar-refractivity contribution in [3.8, 4) is 11.1 Å². The molecule has 0 aromatic heterocycles. The van der Waals surface area contributed by atoms with E-state index in [1.807, 2.05) is 0 Å². The molecule has 18 heavy (non-hydrogen) atoms. The van der Waals surface area contributed by atoms with Crippen molar-refractivity contribution in [2.75, 3.05) is 0 Å². The number of primary amides is 1. The number of hydrogen-bond acceptors (Lipinski definition) is 1. The lowest BCUT2D eigenvalue weighted by molar-refractivity contribution is 0.1000. The summed E-state index contributed by atoms with van der Waals surface area (Å²) in [7, 11) is 0. The molecule has 0 heterocycles. The van der Waals surface area contributed by atoms with Crippen molar-refractivity contribution in [3.63, 3.8) is 0 Å². The van der Waals surface area contributed by atoms with Gasteiger partial charge >= 0.3 is 0 Å². The summed E-state index contributed by atoms with van der Waals surface area (Å²) >= 11 is 5.91. The van der Waals surface area contributed by atoms with Crippen molar-refractivity contribution in [1.29, 1.82) is 0 Å². The molecule has 5 heteroatoms. The number of carbonyl (C=O) groups excluding carboxylic acids is 1. The van der Waals surface area contributed by atoms with Crippen LogP contribution in [0.4, 0.5) is 8.78 Å². The molecule has 0 bridgehead atoms. The first-order valence-electron chi connectivity index (χ1n) is 5.04. The number of carbonyl (C=O) groups is 1. The van der Waals surface area contributed by atoms with E-state index in [0.717, 1.165) is 6.07 Å². The van der Waals surface area contributed by atoms with Gasteiger partial charge in [0.2, 0.25) is 5.91 Å². The normalized spacial score (nSPS) is 10.4. The lowest BCUT2D eigenvalue weighted by atomic mass is 10.0. The second-order valence-corrected chi connectivity index (χ2v) is 4.07. The fourth-order valence-corrected chi connectivity index (χ4v) is 1.84. The summed E-state index contributed by atoms with van der Waals surface area (Å²) in [6, 6.07) is 8.32. The first-order valence-corrected chi connectivity index (χ1v) is 5.42. The maximum atomic E-state index is 13.7. The highest BCUT2D eigenvalue weighted by Gasteiger charge is 2.16. The van der Waals surface area contributed by atoms with Crippen molar-refractivity contribution in [1.82, 2.24) is 0 Å². The monoisotopic (exact) mass is 267 g/mol. The van der Waals surface area contributed by atoms with Crippen LogP contribution in [0.3, 0.4) is 0 Å². The average molecular weight is 268 g/mol. The van der Waals surface area contributed by atoms with Gasteiger partial charge in [0.15, 0.2) is 11.6 Å². The summed E-state index contributed by atoms with van der Waals surface area (Å²) in [5, 5.41) is 0.262. The maximum absolute atomic E-state index is 13.7. The standard InChI is InChI=1S/C13H8ClF2NO/c14-10-4-2-1-3-8(10)9-5-7(13(17)18)6-11(15)12(9)16/h1-6H,(H2,17,18). The summed E-state index contributed by atoms with van der Waals surface area (Å²) in [6.45, 7) is 0. The van der Waals surface area contributed by atoms with Gasteiger partial charge in [0.25, 0.3) is 0 Å². The van der Waals surface area contributed by atoms with E-state index in [1.165, 1.54) is 12.1 Å². The second kappa shape index (κ2) is 4.74. The molecule has 2 rings (SSSR count). The number of amides is 1. The number of nitrogens with two attached hydrogens (primary N) is 1. The largest absolute Gasteiger partial charge is 0.366 e. The van der Waals surface area contributed by atoms with Crippen molar-refractivity contribution >= 4 is 17.5 Å². The topological polar surface area (TPSA) is 43.1 Å². The Bertz CT molecular complexity index is 628. The van der Waals surface area contributed by atoms with E-state index in [0.29, 0.717) is 5.56 Å². The van der Waals surface area contributed by atoms with Crippen LogP contribution in [0.2, 0.25) is 5.02 Å². The van der Waals surface area contributed by atoms with E-state index >= 15 is 0 Å². The Morgan fingerprint density at radius 1 is 1.11 bits per heavy atom. The van der Waals surface area contributed by atoms with E-state index in [9.17, 15) is 13.6 Å². The zero-order chi connectivity index (χ0) is 13.3. The Kier molecular flexibility index (Phi) is 3.30. The smallest absolute Gasteiger partial charge is 0.248 e. The zero-order valence-corrected chi connectivity index (χ0v) is 9.84. The minimum Gasteiger partial charge on any atom is -0.366 e. The van der Waals surface area contributed by atoms with Crippen molar-refractivity contribution in [2.24, 2.45) is 5.73 Å². The lowest BCUT2D eigenvalue weighted by Crippen LogP contribution is -2.12. The molecule has 2 N–H and O–H groups in total. The molecule has 0 atom stereocenters. The zero-order valence-electron chi connectivity index (χ0n) is 9.08. The van der Waals surface area contributed by atoms with E-state index in [-0.39, 0.29) is 16.1 Å². The lowest BCUT2D eigenvalue weighted by Gasteiger charge is -2.08. The third kappa shape index (κ3) is 2.19. The molecule has 1 amide bonds.